The lowest BCUT2D eigenvalue weighted by Crippen LogP contribution is -2.44. The van der Waals surface area contributed by atoms with E-state index in [1.807, 2.05) is 19.2 Å². The van der Waals surface area contributed by atoms with Gasteiger partial charge in [-0.3, -0.25) is 9.89 Å². The van der Waals surface area contributed by atoms with E-state index in [2.05, 4.69) is 20.5 Å². The van der Waals surface area contributed by atoms with Gasteiger partial charge in [0.15, 0.2) is 17.5 Å². The van der Waals surface area contributed by atoms with Crippen LogP contribution < -0.4 is 20.1 Å². The Kier molecular flexibility index (Phi) is 7.33. The minimum atomic E-state index is 0. The van der Waals surface area contributed by atoms with E-state index >= 15 is 0 Å². The van der Waals surface area contributed by atoms with Crippen LogP contribution in [0.25, 0.3) is 0 Å². The Balaban J connectivity index is 0.00000210. The average molecular weight is 507 g/mol. The lowest BCUT2D eigenvalue weighted by atomic mass is 10.2. The summed E-state index contributed by atoms with van der Waals surface area (Å²) in [5, 5.41) is 7.53. The van der Waals surface area contributed by atoms with Crippen LogP contribution in [0.15, 0.2) is 17.1 Å². The number of fused-ring (bicyclic) bond motifs is 1. The van der Waals surface area contributed by atoms with E-state index in [4.69, 9.17) is 21.1 Å². The molecule has 1 aromatic rings. The molecule has 1 aromatic carbocycles. The second-order valence-electron chi connectivity index (χ2n) is 7.24. The normalized spacial score (nSPS) is 22.7. The summed E-state index contributed by atoms with van der Waals surface area (Å²) in [5.74, 6) is 2.21. The quantitative estimate of drug-likeness (QED) is 0.374. The number of nitrogens with one attached hydrogen (secondary N) is 2. The fourth-order valence-electron chi connectivity index (χ4n) is 3.64. The van der Waals surface area contributed by atoms with Crippen LogP contribution in [0.5, 0.6) is 11.5 Å². The van der Waals surface area contributed by atoms with Gasteiger partial charge in [-0.15, -0.1) is 24.0 Å². The third-order valence-corrected chi connectivity index (χ3v) is 5.45. The standard InChI is InChI=1S/C19H27ClN4O2.HI/c1-21-19(23-14-5-6-24(12-14)15-3-4-15)22-11-13-9-16(20)18-17(10-13)25-7-2-8-26-18;/h9-10,14-15H,2-8,11-12H2,1H3,(H2,21,22,23);1H. The van der Waals surface area contributed by atoms with Crippen molar-refractivity contribution in [2.24, 2.45) is 4.99 Å². The van der Waals surface area contributed by atoms with Gasteiger partial charge in [0.25, 0.3) is 0 Å². The van der Waals surface area contributed by atoms with Crippen molar-refractivity contribution in [2.75, 3.05) is 33.4 Å². The van der Waals surface area contributed by atoms with Gasteiger partial charge in [0.2, 0.25) is 0 Å². The Morgan fingerprint density at radius 2 is 2.07 bits per heavy atom. The predicted octanol–water partition coefficient (Wildman–Crippen LogP) is 3.02. The van der Waals surface area contributed by atoms with Crippen LogP contribution in [0.2, 0.25) is 5.02 Å². The molecule has 1 aliphatic carbocycles. The summed E-state index contributed by atoms with van der Waals surface area (Å²) in [6.45, 7) is 4.23. The van der Waals surface area contributed by atoms with Gasteiger partial charge in [-0.05, 0) is 37.0 Å². The number of aliphatic imine (C=N–C) groups is 1. The van der Waals surface area contributed by atoms with Crippen molar-refractivity contribution in [3.63, 3.8) is 0 Å². The summed E-state index contributed by atoms with van der Waals surface area (Å²) >= 11 is 6.37. The fourth-order valence-corrected chi connectivity index (χ4v) is 3.92. The van der Waals surface area contributed by atoms with Crippen molar-refractivity contribution in [3.8, 4) is 11.5 Å². The van der Waals surface area contributed by atoms with Crippen molar-refractivity contribution in [1.82, 2.24) is 15.5 Å². The third kappa shape index (κ3) is 5.32. The van der Waals surface area contributed by atoms with Crippen LogP contribution in [-0.4, -0.2) is 56.3 Å². The first-order chi connectivity index (χ1) is 12.7. The molecule has 6 nitrogen and oxygen atoms in total. The van der Waals surface area contributed by atoms with Gasteiger partial charge >= 0.3 is 0 Å². The first kappa shape index (κ1) is 20.8. The van der Waals surface area contributed by atoms with Gasteiger partial charge in [-0.25, -0.2) is 0 Å². The fraction of sp³-hybridized carbons (Fsp3) is 0.632. The van der Waals surface area contributed by atoms with Crippen molar-refractivity contribution >= 4 is 41.5 Å². The van der Waals surface area contributed by atoms with Gasteiger partial charge in [-0.1, -0.05) is 11.6 Å². The van der Waals surface area contributed by atoms with Crippen LogP contribution in [0.3, 0.4) is 0 Å². The highest BCUT2D eigenvalue weighted by atomic mass is 127. The molecule has 1 saturated heterocycles. The summed E-state index contributed by atoms with van der Waals surface area (Å²) < 4.78 is 11.4. The summed E-state index contributed by atoms with van der Waals surface area (Å²) in [7, 11) is 1.81. The summed E-state index contributed by atoms with van der Waals surface area (Å²) in [4.78, 5) is 6.96. The maximum Gasteiger partial charge on any atom is 0.191 e. The van der Waals surface area contributed by atoms with Crippen molar-refractivity contribution < 1.29 is 9.47 Å². The SMILES string of the molecule is CN=C(NCc1cc(Cl)c2c(c1)OCCCO2)NC1CCN(C2CC2)C1.I. The Bertz CT molecular complexity index is 684. The number of guanidine groups is 1. The maximum atomic E-state index is 6.37. The van der Waals surface area contributed by atoms with E-state index in [9.17, 15) is 0 Å². The predicted molar refractivity (Wildman–Crippen MR) is 119 cm³/mol. The molecule has 8 heteroatoms. The number of ether oxygens (including phenoxy) is 2. The molecular formula is C19H28ClIN4O2. The van der Waals surface area contributed by atoms with E-state index in [0.717, 1.165) is 36.3 Å². The van der Waals surface area contributed by atoms with Gasteiger partial charge < -0.3 is 20.1 Å². The Morgan fingerprint density at radius 3 is 2.85 bits per heavy atom. The molecule has 4 rings (SSSR count). The van der Waals surface area contributed by atoms with Crippen LogP contribution in [-0.2, 0) is 6.54 Å². The number of hydrogen-bond donors (Lipinski definition) is 2. The number of halogens is 2. The lowest BCUT2D eigenvalue weighted by molar-refractivity contribution is 0.297. The molecule has 0 spiro atoms. The smallest absolute Gasteiger partial charge is 0.191 e. The molecule has 1 unspecified atom stereocenters. The first-order valence-electron chi connectivity index (χ1n) is 9.52. The molecule has 0 amide bonds. The molecule has 2 fully saturated rings. The first-order valence-corrected chi connectivity index (χ1v) is 9.90. The summed E-state index contributed by atoms with van der Waals surface area (Å²) in [5.41, 5.74) is 1.05. The maximum absolute atomic E-state index is 6.37. The molecule has 27 heavy (non-hydrogen) atoms. The van der Waals surface area contributed by atoms with Crippen LogP contribution in [0.4, 0.5) is 0 Å². The Hall–Kier alpha value is -0.930. The molecule has 2 heterocycles. The molecule has 150 valence electrons. The van der Waals surface area contributed by atoms with E-state index in [1.165, 1.54) is 25.8 Å². The van der Waals surface area contributed by atoms with E-state index in [-0.39, 0.29) is 24.0 Å². The van der Waals surface area contributed by atoms with Crippen molar-refractivity contribution in [1.29, 1.82) is 0 Å². The van der Waals surface area contributed by atoms with Gasteiger partial charge in [0, 0.05) is 45.2 Å². The van der Waals surface area contributed by atoms with Gasteiger partial charge in [0.1, 0.15) is 0 Å². The van der Waals surface area contributed by atoms with Gasteiger partial charge in [-0.2, -0.15) is 0 Å². The Morgan fingerprint density at radius 1 is 1.26 bits per heavy atom. The average Bonchev–Trinajstić information content (AvgIpc) is 3.43. The summed E-state index contributed by atoms with van der Waals surface area (Å²) in [6, 6.07) is 5.23. The van der Waals surface area contributed by atoms with Crippen molar-refractivity contribution in [2.45, 2.75) is 44.3 Å². The highest BCUT2D eigenvalue weighted by molar-refractivity contribution is 14.0. The monoisotopic (exact) mass is 506 g/mol. The largest absolute Gasteiger partial charge is 0.489 e. The molecule has 2 aliphatic heterocycles. The molecular weight excluding hydrogens is 479 g/mol. The van der Waals surface area contributed by atoms with Crippen LogP contribution in [0.1, 0.15) is 31.2 Å². The van der Waals surface area contributed by atoms with E-state index in [1.54, 1.807) is 0 Å². The highest BCUT2D eigenvalue weighted by Gasteiger charge is 2.34. The number of nitrogens with zero attached hydrogens (tertiary/aromatic N) is 2. The zero-order valence-corrected chi connectivity index (χ0v) is 18.8. The number of hydrogen-bond acceptors (Lipinski definition) is 4. The Labute approximate surface area is 183 Å². The minimum Gasteiger partial charge on any atom is -0.489 e. The van der Waals surface area contributed by atoms with Crippen LogP contribution >= 0.6 is 35.6 Å². The molecule has 0 radical (unpaired) electrons. The number of rotatable bonds is 4. The summed E-state index contributed by atoms with van der Waals surface area (Å²) in [6.07, 6.45) is 4.77. The molecule has 1 atom stereocenters. The minimum absolute atomic E-state index is 0. The van der Waals surface area contributed by atoms with Crippen molar-refractivity contribution in [3.05, 3.63) is 22.7 Å². The lowest BCUT2D eigenvalue weighted by Gasteiger charge is -2.19. The molecule has 0 aromatic heterocycles. The molecule has 1 saturated carbocycles. The second-order valence-corrected chi connectivity index (χ2v) is 7.64. The van der Waals surface area contributed by atoms with E-state index < -0.39 is 0 Å². The third-order valence-electron chi connectivity index (χ3n) is 5.17. The highest BCUT2D eigenvalue weighted by Crippen LogP contribution is 2.38. The molecule has 2 N–H and O–H groups in total. The van der Waals surface area contributed by atoms with Gasteiger partial charge in [0.05, 0.1) is 18.2 Å². The van der Waals surface area contributed by atoms with Crippen LogP contribution in [0, 0.1) is 0 Å². The molecule has 0 bridgehead atoms. The topological polar surface area (TPSA) is 58.1 Å². The number of likely N-dealkylation sites (tertiary alicyclic amines) is 1. The zero-order chi connectivity index (χ0) is 17.9. The second kappa shape index (κ2) is 9.52. The molecule has 3 aliphatic rings. The van der Waals surface area contributed by atoms with E-state index in [0.29, 0.717) is 36.6 Å². The zero-order valence-electron chi connectivity index (χ0n) is 15.7. The number of benzene rings is 1.